The van der Waals surface area contributed by atoms with Crippen molar-refractivity contribution in [3.05, 3.63) is 18.2 Å². The molecular weight excluding hydrogens is 448 g/mol. The highest BCUT2D eigenvalue weighted by Gasteiger charge is 2.50. The Balaban J connectivity index is 1.40. The van der Waals surface area contributed by atoms with Gasteiger partial charge in [0.2, 0.25) is 5.91 Å². The Bertz CT molecular complexity index is 843. The van der Waals surface area contributed by atoms with Gasteiger partial charge in [0, 0.05) is 55.3 Å². The van der Waals surface area contributed by atoms with Crippen LogP contribution in [0.5, 0.6) is 11.5 Å². The predicted octanol–water partition coefficient (Wildman–Crippen LogP) is 0.146. The van der Waals surface area contributed by atoms with Crippen LogP contribution in [-0.2, 0) is 9.53 Å². The number of ether oxygens (including phenoxy) is 3. The number of aliphatic hydroxyl groups excluding tert-OH is 2. The van der Waals surface area contributed by atoms with E-state index >= 15 is 0 Å². The molecule has 0 aromatic heterocycles. The average Bonchev–Trinajstić information content (AvgIpc) is 3.25. The number of thioether (sulfide) groups is 1. The number of amidine groups is 1. The maximum Gasteiger partial charge on any atom is 0.224 e. The molecule has 1 aromatic carbocycles. The quantitative estimate of drug-likeness (QED) is 0.431. The van der Waals surface area contributed by atoms with Crippen LogP contribution in [0.15, 0.2) is 23.2 Å². The van der Waals surface area contributed by atoms with E-state index in [9.17, 15) is 15.0 Å². The standard InChI is InChI=1S/C22H32N4O6S/c1-30-14-9-13(10-15(11-14)31-2)24-22-25-18-19(28)17(27)12-16(20(18)33-22)21(29)23-3-4-26-5-7-32-8-6-26/h9-11,16-20,27-28H,3-8,12H2,1-2H3,(H,23,29)(H,24,25)/t16-,17+,18+,19-,20+/m0/s1. The fourth-order valence-electron chi connectivity index (χ4n) is 4.40. The molecule has 1 aliphatic carbocycles. The molecule has 1 aromatic rings. The van der Waals surface area contributed by atoms with Gasteiger partial charge in [-0.1, -0.05) is 11.8 Å². The van der Waals surface area contributed by atoms with Crippen molar-refractivity contribution in [2.24, 2.45) is 10.9 Å². The van der Waals surface area contributed by atoms with Gasteiger partial charge in [-0.3, -0.25) is 14.7 Å². The molecule has 0 radical (unpaired) electrons. The van der Waals surface area contributed by atoms with E-state index in [-0.39, 0.29) is 17.6 Å². The van der Waals surface area contributed by atoms with Gasteiger partial charge in [0.1, 0.15) is 17.6 Å². The molecule has 182 valence electrons. The van der Waals surface area contributed by atoms with E-state index in [0.717, 1.165) is 25.3 Å². The smallest absolute Gasteiger partial charge is 0.224 e. The molecule has 3 aliphatic rings. The molecule has 2 heterocycles. The van der Waals surface area contributed by atoms with E-state index in [1.807, 2.05) is 12.1 Å². The van der Waals surface area contributed by atoms with Crippen LogP contribution in [0.4, 0.5) is 5.69 Å². The highest BCUT2D eigenvalue weighted by atomic mass is 32.2. The molecular formula is C22H32N4O6S. The molecule has 1 saturated heterocycles. The summed E-state index contributed by atoms with van der Waals surface area (Å²) >= 11 is 1.42. The number of nitrogens with zero attached hydrogens (tertiary/aromatic N) is 2. The summed E-state index contributed by atoms with van der Waals surface area (Å²) in [6, 6.07) is 4.83. The Kier molecular flexibility index (Phi) is 7.97. The zero-order chi connectivity index (χ0) is 23.4. The minimum atomic E-state index is -1.01. The number of aliphatic hydroxyl groups is 2. The molecule has 10 nitrogen and oxygen atoms in total. The van der Waals surface area contributed by atoms with Crippen molar-refractivity contribution in [2.75, 3.05) is 58.9 Å². The molecule has 5 atom stereocenters. The first-order valence-electron chi connectivity index (χ1n) is 11.2. The number of methoxy groups -OCH3 is 2. The molecule has 11 heteroatoms. The third kappa shape index (κ3) is 5.72. The Hall–Kier alpha value is -2.05. The van der Waals surface area contributed by atoms with Gasteiger partial charge in [-0.25, -0.2) is 0 Å². The van der Waals surface area contributed by atoms with E-state index in [0.29, 0.717) is 36.4 Å². The number of hydrogen-bond donors (Lipinski definition) is 4. The van der Waals surface area contributed by atoms with Crippen molar-refractivity contribution in [1.29, 1.82) is 0 Å². The maximum atomic E-state index is 13.0. The first kappa shape index (κ1) is 24.1. The third-order valence-corrected chi connectivity index (χ3v) is 7.57. The summed E-state index contributed by atoms with van der Waals surface area (Å²) in [7, 11) is 3.16. The molecule has 2 aliphatic heterocycles. The molecule has 1 saturated carbocycles. The highest BCUT2D eigenvalue weighted by Crippen LogP contribution is 2.41. The summed E-state index contributed by atoms with van der Waals surface area (Å²) in [5.41, 5.74) is 0.720. The number of anilines is 1. The minimum absolute atomic E-state index is 0.115. The minimum Gasteiger partial charge on any atom is -0.497 e. The van der Waals surface area contributed by atoms with Crippen LogP contribution in [0.1, 0.15) is 6.42 Å². The second-order valence-electron chi connectivity index (χ2n) is 8.38. The van der Waals surface area contributed by atoms with Gasteiger partial charge < -0.3 is 35.1 Å². The van der Waals surface area contributed by atoms with Crippen LogP contribution in [-0.4, -0.2) is 103 Å². The zero-order valence-electron chi connectivity index (χ0n) is 18.9. The molecule has 2 fully saturated rings. The first-order valence-corrected chi connectivity index (χ1v) is 12.0. The van der Waals surface area contributed by atoms with Crippen LogP contribution in [0.2, 0.25) is 0 Å². The number of aliphatic imine (C=N–C) groups is 1. The molecule has 0 spiro atoms. The van der Waals surface area contributed by atoms with Crippen LogP contribution in [0, 0.1) is 5.92 Å². The van der Waals surface area contributed by atoms with E-state index in [1.54, 1.807) is 20.3 Å². The Morgan fingerprint density at radius 1 is 1.21 bits per heavy atom. The summed E-state index contributed by atoms with van der Waals surface area (Å²) in [5.74, 6) is 0.693. The Labute approximate surface area is 197 Å². The van der Waals surface area contributed by atoms with E-state index < -0.39 is 24.2 Å². The van der Waals surface area contributed by atoms with Gasteiger partial charge in [0.05, 0.1) is 45.5 Å². The summed E-state index contributed by atoms with van der Waals surface area (Å²) < 4.78 is 16.0. The summed E-state index contributed by atoms with van der Waals surface area (Å²) in [6.45, 7) is 4.45. The SMILES string of the molecule is COc1cc(NC2=N[C@@H]3[C@@H](O)[C@H](O)C[C@H](C(=O)NCCN4CCOCC4)[C@H]3S2)cc(OC)c1. The van der Waals surface area contributed by atoms with Crippen LogP contribution < -0.4 is 20.1 Å². The summed E-state index contributed by atoms with van der Waals surface area (Å²) in [5, 5.41) is 27.5. The van der Waals surface area contributed by atoms with Crippen LogP contribution in [0.25, 0.3) is 0 Å². The number of amides is 1. The number of fused-ring (bicyclic) bond motifs is 1. The number of hydrogen-bond acceptors (Lipinski definition) is 10. The number of rotatable bonds is 7. The molecule has 33 heavy (non-hydrogen) atoms. The van der Waals surface area contributed by atoms with Gasteiger partial charge in [0.25, 0.3) is 0 Å². The molecule has 0 unspecified atom stereocenters. The lowest BCUT2D eigenvalue weighted by Crippen LogP contribution is -2.54. The lowest BCUT2D eigenvalue weighted by molar-refractivity contribution is -0.129. The number of carbonyl (C=O) groups excluding carboxylic acids is 1. The average molecular weight is 481 g/mol. The normalized spacial score (nSPS) is 29.7. The van der Waals surface area contributed by atoms with Crippen molar-refractivity contribution in [1.82, 2.24) is 10.2 Å². The zero-order valence-corrected chi connectivity index (χ0v) is 19.7. The Morgan fingerprint density at radius 3 is 2.58 bits per heavy atom. The lowest BCUT2D eigenvalue weighted by Gasteiger charge is -2.37. The van der Waals surface area contributed by atoms with Crippen molar-refractivity contribution < 1.29 is 29.2 Å². The number of morpholine rings is 1. The van der Waals surface area contributed by atoms with E-state index in [2.05, 4.69) is 20.5 Å². The van der Waals surface area contributed by atoms with Crippen molar-refractivity contribution in [3.8, 4) is 11.5 Å². The number of nitrogens with one attached hydrogen (secondary N) is 2. The summed E-state index contributed by atoms with van der Waals surface area (Å²) in [6.07, 6.45) is -1.81. The first-order chi connectivity index (χ1) is 16.0. The van der Waals surface area contributed by atoms with Gasteiger partial charge in [-0.2, -0.15) is 0 Å². The van der Waals surface area contributed by atoms with Crippen molar-refractivity contribution in [2.45, 2.75) is 29.9 Å². The van der Waals surface area contributed by atoms with Crippen LogP contribution >= 0.6 is 11.8 Å². The van der Waals surface area contributed by atoms with Gasteiger partial charge >= 0.3 is 0 Å². The molecule has 4 N–H and O–H groups in total. The van der Waals surface area contributed by atoms with Crippen molar-refractivity contribution in [3.63, 3.8) is 0 Å². The van der Waals surface area contributed by atoms with E-state index in [1.165, 1.54) is 11.8 Å². The van der Waals surface area contributed by atoms with Crippen LogP contribution in [0.3, 0.4) is 0 Å². The van der Waals surface area contributed by atoms with Gasteiger partial charge in [0.15, 0.2) is 5.17 Å². The number of carbonyl (C=O) groups is 1. The lowest BCUT2D eigenvalue weighted by atomic mass is 9.81. The summed E-state index contributed by atoms with van der Waals surface area (Å²) in [4.78, 5) is 19.9. The third-order valence-electron chi connectivity index (χ3n) is 6.26. The second-order valence-corrected chi connectivity index (χ2v) is 9.55. The molecule has 0 bridgehead atoms. The monoisotopic (exact) mass is 480 g/mol. The Morgan fingerprint density at radius 2 is 1.91 bits per heavy atom. The predicted molar refractivity (Wildman–Crippen MR) is 126 cm³/mol. The molecule has 1 amide bonds. The maximum absolute atomic E-state index is 13.0. The second kappa shape index (κ2) is 10.9. The largest absolute Gasteiger partial charge is 0.497 e. The van der Waals surface area contributed by atoms with Crippen molar-refractivity contribution >= 4 is 28.5 Å². The fraction of sp³-hybridized carbons (Fsp3) is 0.636. The molecule has 4 rings (SSSR count). The highest BCUT2D eigenvalue weighted by molar-refractivity contribution is 8.15. The fourth-order valence-corrected chi connectivity index (χ4v) is 5.78. The van der Waals surface area contributed by atoms with Gasteiger partial charge in [-0.05, 0) is 6.42 Å². The topological polar surface area (TPSA) is 125 Å². The number of benzene rings is 1. The van der Waals surface area contributed by atoms with Gasteiger partial charge in [-0.15, -0.1) is 0 Å². The van der Waals surface area contributed by atoms with E-state index in [4.69, 9.17) is 14.2 Å².